The highest BCUT2D eigenvalue weighted by Crippen LogP contribution is 2.27. The van der Waals surface area contributed by atoms with Crippen LogP contribution in [-0.2, 0) is 4.79 Å². The van der Waals surface area contributed by atoms with Gasteiger partial charge >= 0.3 is 0 Å². The Hall–Kier alpha value is -1.84. The molecule has 0 aromatic heterocycles. The molecule has 1 saturated carbocycles. The summed E-state index contributed by atoms with van der Waals surface area (Å²) in [5, 5.41) is 0. The molecule has 1 aliphatic rings. The summed E-state index contributed by atoms with van der Waals surface area (Å²) in [6.45, 7) is 0. The van der Waals surface area contributed by atoms with Crippen LogP contribution in [0.4, 0.5) is 0 Å². The minimum absolute atomic E-state index is 0.116. The number of carbonyl (C=O) groups is 2. The van der Waals surface area contributed by atoms with Crippen molar-refractivity contribution in [1.29, 1.82) is 0 Å². The van der Waals surface area contributed by atoms with E-state index < -0.39 is 0 Å². The molecule has 2 N–H and O–H groups in total. The Bertz CT molecular complexity index is 453. The standard InChI is InChI=1S/C17H24N2O2/c20-16(13-7-10-14-8-3-1-4-9-14)18-19-17(21)15-11-5-2-6-12-15/h2,5-6,11-12,14H,1,3-4,7-10,13H2,(H,18,20)(H,19,21). The lowest BCUT2D eigenvalue weighted by Gasteiger charge is -2.21. The zero-order valence-corrected chi connectivity index (χ0v) is 12.4. The van der Waals surface area contributed by atoms with Crippen molar-refractivity contribution < 1.29 is 9.59 Å². The van der Waals surface area contributed by atoms with Crippen LogP contribution in [0.1, 0.15) is 61.7 Å². The Labute approximate surface area is 126 Å². The van der Waals surface area contributed by atoms with E-state index in [9.17, 15) is 9.59 Å². The first-order chi connectivity index (χ1) is 10.3. The van der Waals surface area contributed by atoms with Gasteiger partial charge in [-0.25, -0.2) is 0 Å². The van der Waals surface area contributed by atoms with E-state index in [1.54, 1.807) is 24.3 Å². The van der Waals surface area contributed by atoms with E-state index in [1.165, 1.54) is 32.1 Å². The van der Waals surface area contributed by atoms with Gasteiger partial charge in [0.2, 0.25) is 5.91 Å². The predicted octanol–water partition coefficient (Wildman–Crippen LogP) is 3.20. The maximum absolute atomic E-state index is 11.7. The highest BCUT2D eigenvalue weighted by Gasteiger charge is 2.13. The molecule has 0 aliphatic heterocycles. The van der Waals surface area contributed by atoms with Crippen LogP contribution in [-0.4, -0.2) is 11.8 Å². The summed E-state index contributed by atoms with van der Waals surface area (Å²) in [4.78, 5) is 23.4. The van der Waals surface area contributed by atoms with Crippen molar-refractivity contribution >= 4 is 11.8 Å². The molecule has 114 valence electrons. The first-order valence-electron chi connectivity index (χ1n) is 7.90. The van der Waals surface area contributed by atoms with Gasteiger partial charge in [0, 0.05) is 12.0 Å². The molecule has 0 heterocycles. The van der Waals surface area contributed by atoms with E-state index in [4.69, 9.17) is 0 Å². The van der Waals surface area contributed by atoms with Crippen LogP contribution in [0, 0.1) is 5.92 Å². The van der Waals surface area contributed by atoms with Crippen LogP contribution in [0.15, 0.2) is 30.3 Å². The van der Waals surface area contributed by atoms with Gasteiger partial charge in [-0.05, 0) is 30.9 Å². The van der Waals surface area contributed by atoms with E-state index >= 15 is 0 Å². The molecule has 0 saturated heterocycles. The number of hydrogen-bond donors (Lipinski definition) is 2. The minimum atomic E-state index is -0.281. The molecule has 0 bridgehead atoms. The number of nitrogens with one attached hydrogen (secondary N) is 2. The van der Waals surface area contributed by atoms with E-state index in [1.807, 2.05) is 6.07 Å². The van der Waals surface area contributed by atoms with Crippen molar-refractivity contribution in [2.75, 3.05) is 0 Å². The third kappa shape index (κ3) is 5.58. The maximum atomic E-state index is 11.7. The van der Waals surface area contributed by atoms with Gasteiger partial charge in [-0.2, -0.15) is 0 Å². The Morgan fingerprint density at radius 3 is 2.43 bits per heavy atom. The van der Waals surface area contributed by atoms with Crippen LogP contribution >= 0.6 is 0 Å². The number of hydrogen-bond acceptors (Lipinski definition) is 2. The van der Waals surface area contributed by atoms with Gasteiger partial charge in [0.05, 0.1) is 0 Å². The average Bonchev–Trinajstić information content (AvgIpc) is 2.54. The first-order valence-corrected chi connectivity index (χ1v) is 7.90. The molecule has 0 spiro atoms. The van der Waals surface area contributed by atoms with Crippen molar-refractivity contribution in [3.63, 3.8) is 0 Å². The average molecular weight is 288 g/mol. The molecule has 21 heavy (non-hydrogen) atoms. The molecule has 2 rings (SSSR count). The number of carbonyl (C=O) groups excluding carboxylic acids is 2. The first kappa shape index (κ1) is 15.5. The highest BCUT2D eigenvalue weighted by atomic mass is 16.2. The summed E-state index contributed by atoms with van der Waals surface area (Å²) in [6, 6.07) is 8.86. The number of benzene rings is 1. The molecular formula is C17H24N2O2. The fourth-order valence-corrected chi connectivity index (χ4v) is 2.88. The van der Waals surface area contributed by atoms with Crippen LogP contribution in [0.3, 0.4) is 0 Å². The second-order valence-electron chi connectivity index (χ2n) is 5.76. The molecule has 1 fully saturated rings. The third-order valence-corrected chi connectivity index (χ3v) is 4.09. The largest absolute Gasteiger partial charge is 0.273 e. The van der Waals surface area contributed by atoms with Gasteiger partial charge in [-0.1, -0.05) is 50.3 Å². The highest BCUT2D eigenvalue weighted by molar-refractivity contribution is 5.95. The molecule has 0 radical (unpaired) electrons. The van der Waals surface area contributed by atoms with Gasteiger partial charge < -0.3 is 0 Å². The van der Waals surface area contributed by atoms with Crippen molar-refractivity contribution in [3.05, 3.63) is 35.9 Å². The van der Waals surface area contributed by atoms with E-state index in [-0.39, 0.29) is 11.8 Å². The Morgan fingerprint density at radius 2 is 1.71 bits per heavy atom. The number of amides is 2. The second kappa shape index (κ2) is 8.45. The normalized spacial score (nSPS) is 15.4. The van der Waals surface area contributed by atoms with Crippen LogP contribution in [0.25, 0.3) is 0 Å². The summed E-state index contributed by atoms with van der Waals surface area (Å²) in [5.41, 5.74) is 5.47. The fourth-order valence-electron chi connectivity index (χ4n) is 2.88. The SMILES string of the molecule is O=C(CCCC1CCCCC1)NNC(=O)c1ccccc1. The van der Waals surface area contributed by atoms with Crippen LogP contribution in [0.5, 0.6) is 0 Å². The predicted molar refractivity (Wildman–Crippen MR) is 82.5 cm³/mol. The lowest BCUT2D eigenvalue weighted by molar-refractivity contribution is -0.122. The summed E-state index contributed by atoms with van der Waals surface area (Å²) in [7, 11) is 0. The maximum Gasteiger partial charge on any atom is 0.269 e. The topological polar surface area (TPSA) is 58.2 Å². The molecular weight excluding hydrogens is 264 g/mol. The van der Waals surface area contributed by atoms with Crippen molar-refractivity contribution in [2.24, 2.45) is 5.92 Å². The molecule has 2 amide bonds. The zero-order chi connectivity index (χ0) is 14.9. The third-order valence-electron chi connectivity index (χ3n) is 4.09. The van der Waals surface area contributed by atoms with Gasteiger partial charge in [0.25, 0.3) is 5.91 Å². The molecule has 4 nitrogen and oxygen atoms in total. The lowest BCUT2D eigenvalue weighted by Crippen LogP contribution is -2.41. The zero-order valence-electron chi connectivity index (χ0n) is 12.4. The molecule has 0 atom stereocenters. The van der Waals surface area contributed by atoms with Gasteiger partial charge in [0.1, 0.15) is 0 Å². The Balaban J connectivity index is 1.60. The Kier molecular flexibility index (Phi) is 6.25. The smallest absolute Gasteiger partial charge is 0.269 e. The quantitative estimate of drug-likeness (QED) is 0.817. The molecule has 1 aliphatic carbocycles. The second-order valence-corrected chi connectivity index (χ2v) is 5.76. The van der Waals surface area contributed by atoms with Gasteiger partial charge in [0.15, 0.2) is 0 Å². The van der Waals surface area contributed by atoms with Crippen molar-refractivity contribution in [3.8, 4) is 0 Å². The number of rotatable bonds is 5. The fraction of sp³-hybridized carbons (Fsp3) is 0.529. The minimum Gasteiger partial charge on any atom is -0.273 e. The summed E-state index contributed by atoms with van der Waals surface area (Å²) >= 11 is 0. The summed E-state index contributed by atoms with van der Waals surface area (Å²) < 4.78 is 0. The summed E-state index contributed by atoms with van der Waals surface area (Å²) in [5.74, 6) is 0.400. The van der Waals surface area contributed by atoms with Crippen molar-refractivity contribution in [2.45, 2.75) is 51.4 Å². The monoisotopic (exact) mass is 288 g/mol. The van der Waals surface area contributed by atoms with E-state index in [0.29, 0.717) is 12.0 Å². The van der Waals surface area contributed by atoms with E-state index in [0.717, 1.165) is 18.8 Å². The van der Waals surface area contributed by atoms with E-state index in [2.05, 4.69) is 10.9 Å². The lowest BCUT2D eigenvalue weighted by atomic mass is 9.86. The molecule has 1 aromatic rings. The van der Waals surface area contributed by atoms with Gasteiger partial charge in [-0.15, -0.1) is 0 Å². The molecule has 1 aromatic carbocycles. The number of hydrazine groups is 1. The van der Waals surface area contributed by atoms with Crippen LogP contribution in [0.2, 0.25) is 0 Å². The summed E-state index contributed by atoms with van der Waals surface area (Å²) in [6.07, 6.45) is 9.17. The Morgan fingerprint density at radius 1 is 1.00 bits per heavy atom. The van der Waals surface area contributed by atoms with Gasteiger partial charge in [-0.3, -0.25) is 20.4 Å². The van der Waals surface area contributed by atoms with Crippen LogP contribution < -0.4 is 10.9 Å². The molecule has 4 heteroatoms. The molecule has 0 unspecified atom stereocenters. The van der Waals surface area contributed by atoms with Crippen molar-refractivity contribution in [1.82, 2.24) is 10.9 Å².